The average Bonchev–Trinajstić information content (AvgIpc) is 2.79. The van der Waals surface area contributed by atoms with Gasteiger partial charge in [-0.3, -0.25) is 4.79 Å². The van der Waals surface area contributed by atoms with Gasteiger partial charge in [0.1, 0.15) is 5.69 Å². The number of rotatable bonds is 8. The van der Waals surface area contributed by atoms with Crippen LogP contribution in [0.5, 0.6) is 0 Å². The summed E-state index contributed by atoms with van der Waals surface area (Å²) >= 11 is 6.03. The van der Waals surface area contributed by atoms with Crippen LogP contribution in [0.25, 0.3) is 0 Å². The van der Waals surface area contributed by atoms with Gasteiger partial charge in [0.15, 0.2) is 0 Å². The maximum Gasteiger partial charge on any atom is 0.270 e. The first-order valence-electron chi connectivity index (χ1n) is 7.36. The molecular weight excluding hydrogens is 276 g/mol. The molecule has 0 fully saturated rings. The number of aromatic nitrogens is 1. The van der Waals surface area contributed by atoms with Gasteiger partial charge in [-0.15, -0.1) is 0 Å². The molecule has 1 heterocycles. The molecule has 0 aliphatic carbocycles. The first kappa shape index (κ1) is 17.1. The maximum atomic E-state index is 12.7. The Balaban J connectivity index is 3.05. The van der Waals surface area contributed by atoms with Crippen LogP contribution < -0.4 is 0 Å². The van der Waals surface area contributed by atoms with E-state index < -0.39 is 0 Å². The predicted molar refractivity (Wildman–Crippen MR) is 82.2 cm³/mol. The Kier molecular flexibility index (Phi) is 7.10. The molecule has 0 aliphatic heterocycles. The van der Waals surface area contributed by atoms with Crippen molar-refractivity contribution in [3.8, 4) is 0 Å². The third-order valence-electron chi connectivity index (χ3n) is 3.53. The lowest BCUT2D eigenvalue weighted by Gasteiger charge is -2.30. The number of carbonyl (C=O) groups is 1. The van der Waals surface area contributed by atoms with Crippen molar-refractivity contribution in [2.24, 2.45) is 0 Å². The van der Waals surface area contributed by atoms with E-state index in [1.165, 1.54) is 0 Å². The highest BCUT2D eigenvalue weighted by Gasteiger charge is 2.24. The fourth-order valence-corrected chi connectivity index (χ4v) is 2.74. The molecule has 4 nitrogen and oxygen atoms in total. The highest BCUT2D eigenvalue weighted by molar-refractivity contribution is 6.31. The standard InChI is InChI=1S/C15H25ClN2O2/c1-4-7-17-11-12(16)10-14(17)15(20)18(8-9-19)13(5-2)6-3/h10-11,13,19H,4-9H2,1-3H3. The van der Waals surface area contributed by atoms with E-state index in [9.17, 15) is 9.90 Å². The Morgan fingerprint density at radius 1 is 1.40 bits per heavy atom. The molecule has 0 aromatic carbocycles. The van der Waals surface area contributed by atoms with Gasteiger partial charge in [-0.25, -0.2) is 0 Å². The number of amides is 1. The SMILES string of the molecule is CCCn1cc(Cl)cc1C(=O)N(CCO)C(CC)CC. The molecule has 0 unspecified atom stereocenters. The summed E-state index contributed by atoms with van der Waals surface area (Å²) < 4.78 is 1.90. The Labute approximate surface area is 126 Å². The van der Waals surface area contributed by atoms with Gasteiger partial charge < -0.3 is 14.6 Å². The van der Waals surface area contributed by atoms with E-state index in [-0.39, 0.29) is 18.6 Å². The molecular formula is C15H25ClN2O2. The van der Waals surface area contributed by atoms with Crippen LogP contribution in [0.15, 0.2) is 12.3 Å². The maximum absolute atomic E-state index is 12.7. The van der Waals surface area contributed by atoms with E-state index in [2.05, 4.69) is 20.8 Å². The van der Waals surface area contributed by atoms with Crippen LogP contribution in [0.4, 0.5) is 0 Å². The summed E-state index contributed by atoms with van der Waals surface area (Å²) in [5.74, 6) is -0.0481. The van der Waals surface area contributed by atoms with Crippen LogP contribution in [-0.4, -0.2) is 39.7 Å². The zero-order valence-corrected chi connectivity index (χ0v) is 13.4. The first-order valence-corrected chi connectivity index (χ1v) is 7.74. The Morgan fingerprint density at radius 2 is 2.05 bits per heavy atom. The molecule has 0 radical (unpaired) electrons. The third kappa shape index (κ3) is 4.00. The molecule has 0 aliphatic rings. The molecule has 0 bridgehead atoms. The summed E-state index contributed by atoms with van der Waals surface area (Å²) in [7, 11) is 0. The largest absolute Gasteiger partial charge is 0.395 e. The second-order valence-electron chi connectivity index (χ2n) is 4.93. The number of hydrogen-bond donors (Lipinski definition) is 1. The number of aliphatic hydroxyl groups is 1. The molecule has 5 heteroatoms. The minimum absolute atomic E-state index is 0.0234. The topological polar surface area (TPSA) is 45.5 Å². The van der Waals surface area contributed by atoms with Gasteiger partial charge in [-0.1, -0.05) is 32.4 Å². The summed E-state index contributed by atoms with van der Waals surface area (Å²) in [6.07, 6.45) is 4.49. The smallest absolute Gasteiger partial charge is 0.270 e. The quantitative estimate of drug-likeness (QED) is 0.801. The van der Waals surface area contributed by atoms with Crippen molar-refractivity contribution in [2.75, 3.05) is 13.2 Å². The second kappa shape index (κ2) is 8.32. The first-order chi connectivity index (χ1) is 9.58. The van der Waals surface area contributed by atoms with Gasteiger partial charge in [-0.2, -0.15) is 0 Å². The minimum Gasteiger partial charge on any atom is -0.395 e. The van der Waals surface area contributed by atoms with E-state index in [0.717, 1.165) is 25.8 Å². The van der Waals surface area contributed by atoms with Crippen molar-refractivity contribution in [2.45, 2.75) is 52.6 Å². The van der Waals surface area contributed by atoms with Crippen LogP contribution >= 0.6 is 11.6 Å². The van der Waals surface area contributed by atoms with Crippen LogP contribution in [0.1, 0.15) is 50.5 Å². The van der Waals surface area contributed by atoms with Gasteiger partial charge in [-0.05, 0) is 25.3 Å². The molecule has 0 spiro atoms. The van der Waals surface area contributed by atoms with Crippen molar-refractivity contribution in [1.82, 2.24) is 9.47 Å². The number of aliphatic hydroxyl groups excluding tert-OH is 1. The molecule has 1 N–H and O–H groups in total. The predicted octanol–water partition coefficient (Wildman–Crippen LogP) is 3.17. The van der Waals surface area contributed by atoms with E-state index in [4.69, 9.17) is 11.6 Å². The van der Waals surface area contributed by atoms with Crippen LogP contribution in [0, 0.1) is 0 Å². The average molecular weight is 301 g/mol. The Morgan fingerprint density at radius 3 is 2.55 bits per heavy atom. The molecule has 114 valence electrons. The zero-order valence-electron chi connectivity index (χ0n) is 12.6. The van der Waals surface area contributed by atoms with Gasteiger partial charge in [0, 0.05) is 25.3 Å². The molecule has 1 amide bonds. The number of halogens is 1. The lowest BCUT2D eigenvalue weighted by Crippen LogP contribution is -2.42. The van der Waals surface area contributed by atoms with Gasteiger partial charge >= 0.3 is 0 Å². The molecule has 0 saturated heterocycles. The van der Waals surface area contributed by atoms with E-state index in [1.807, 2.05) is 4.57 Å². The molecule has 1 aromatic heterocycles. The zero-order chi connectivity index (χ0) is 15.1. The minimum atomic E-state index is -0.0481. The van der Waals surface area contributed by atoms with Crippen molar-refractivity contribution < 1.29 is 9.90 Å². The summed E-state index contributed by atoms with van der Waals surface area (Å²) in [4.78, 5) is 14.5. The summed E-state index contributed by atoms with van der Waals surface area (Å²) in [6.45, 7) is 7.29. The van der Waals surface area contributed by atoms with E-state index >= 15 is 0 Å². The molecule has 0 atom stereocenters. The normalized spacial score (nSPS) is 11.1. The fourth-order valence-electron chi connectivity index (χ4n) is 2.51. The van der Waals surface area contributed by atoms with Gasteiger partial charge in [0.25, 0.3) is 5.91 Å². The number of aryl methyl sites for hydroxylation is 1. The van der Waals surface area contributed by atoms with Crippen molar-refractivity contribution in [3.63, 3.8) is 0 Å². The summed E-state index contributed by atoms with van der Waals surface area (Å²) in [5, 5.41) is 9.80. The van der Waals surface area contributed by atoms with Crippen molar-refractivity contribution >= 4 is 17.5 Å². The van der Waals surface area contributed by atoms with Crippen LogP contribution in [0.2, 0.25) is 5.02 Å². The van der Waals surface area contributed by atoms with Crippen molar-refractivity contribution in [3.05, 3.63) is 23.0 Å². The van der Waals surface area contributed by atoms with E-state index in [1.54, 1.807) is 17.2 Å². The molecule has 0 saturated carbocycles. The molecule has 20 heavy (non-hydrogen) atoms. The monoisotopic (exact) mass is 300 g/mol. The lowest BCUT2D eigenvalue weighted by molar-refractivity contribution is 0.0611. The van der Waals surface area contributed by atoms with Gasteiger partial charge in [0.05, 0.1) is 11.6 Å². The Bertz CT molecular complexity index is 428. The number of carbonyl (C=O) groups excluding carboxylic acids is 1. The summed E-state index contributed by atoms with van der Waals surface area (Å²) in [5.41, 5.74) is 0.609. The number of nitrogens with zero attached hydrogens (tertiary/aromatic N) is 2. The molecule has 1 aromatic rings. The van der Waals surface area contributed by atoms with Gasteiger partial charge in [0.2, 0.25) is 0 Å². The highest BCUT2D eigenvalue weighted by atomic mass is 35.5. The lowest BCUT2D eigenvalue weighted by atomic mass is 10.1. The van der Waals surface area contributed by atoms with E-state index in [0.29, 0.717) is 17.3 Å². The third-order valence-corrected chi connectivity index (χ3v) is 3.74. The van der Waals surface area contributed by atoms with Crippen LogP contribution in [-0.2, 0) is 6.54 Å². The highest BCUT2D eigenvalue weighted by Crippen LogP contribution is 2.19. The number of hydrogen-bond acceptors (Lipinski definition) is 2. The molecule has 1 rings (SSSR count). The second-order valence-corrected chi connectivity index (χ2v) is 5.37. The van der Waals surface area contributed by atoms with Crippen molar-refractivity contribution in [1.29, 1.82) is 0 Å². The fraction of sp³-hybridized carbons (Fsp3) is 0.667. The van der Waals surface area contributed by atoms with Crippen LogP contribution in [0.3, 0.4) is 0 Å². The Hall–Kier alpha value is -1.00. The summed E-state index contributed by atoms with van der Waals surface area (Å²) in [6, 6.07) is 1.87.